The van der Waals surface area contributed by atoms with Crippen molar-refractivity contribution in [2.24, 2.45) is 0 Å². The van der Waals surface area contributed by atoms with Crippen LogP contribution in [-0.2, 0) is 23.1 Å². The molecule has 0 aliphatic rings. The number of nitrogens with zero attached hydrogens (tertiary/aromatic N) is 1. The molecule has 1 N–H and O–H groups in total. The second-order valence-electron chi connectivity index (χ2n) is 10.1. The summed E-state index contributed by atoms with van der Waals surface area (Å²) in [6.07, 6.45) is 31.0. The number of allylic oxidation sites excluding steroid dienone is 11. The van der Waals surface area contributed by atoms with Gasteiger partial charge in [0, 0.05) is 6.08 Å². The van der Waals surface area contributed by atoms with Gasteiger partial charge in [-0.1, -0.05) is 112 Å². The molecule has 0 saturated carbocycles. The van der Waals surface area contributed by atoms with Gasteiger partial charge in [0.05, 0.1) is 27.7 Å². The average molecular weight is 568 g/mol. The summed E-state index contributed by atoms with van der Waals surface area (Å²) in [6.45, 7) is 1.71. The number of esters is 1. The van der Waals surface area contributed by atoms with Crippen LogP contribution < -0.4 is 4.89 Å². The van der Waals surface area contributed by atoms with E-state index in [1.807, 2.05) is 57.6 Å². The Bertz CT molecular complexity index is 854. The van der Waals surface area contributed by atoms with Gasteiger partial charge in [-0.15, -0.1) is 0 Å². The second kappa shape index (κ2) is 23.8. The van der Waals surface area contributed by atoms with Gasteiger partial charge in [-0.3, -0.25) is 4.57 Å². The number of aliphatic hydroxyl groups excluding tert-OH is 1. The van der Waals surface area contributed by atoms with Crippen LogP contribution in [0.4, 0.5) is 0 Å². The van der Waals surface area contributed by atoms with Crippen molar-refractivity contribution in [3.05, 3.63) is 72.9 Å². The average Bonchev–Trinajstić information content (AvgIpc) is 2.86. The SMILES string of the molecule is CCCCCCCCCC=CC=CC=CC=CC=CC=CC(=O)OC[C@@H](O)COP(=O)([O-])OCC[N+](C)(C)C. The van der Waals surface area contributed by atoms with Crippen molar-refractivity contribution in [1.82, 2.24) is 0 Å². The molecule has 1 unspecified atom stereocenters. The zero-order chi connectivity index (χ0) is 29.2. The minimum atomic E-state index is -4.53. The highest BCUT2D eigenvalue weighted by Crippen LogP contribution is 2.38. The van der Waals surface area contributed by atoms with Gasteiger partial charge in [0.15, 0.2) is 0 Å². The number of hydrogen-bond donors (Lipinski definition) is 1. The maximum atomic E-state index is 11.7. The third kappa shape index (κ3) is 28.8. The van der Waals surface area contributed by atoms with Gasteiger partial charge in [0.25, 0.3) is 7.82 Å². The van der Waals surface area contributed by atoms with E-state index in [2.05, 4.69) is 23.6 Å². The molecule has 8 nitrogen and oxygen atoms in total. The summed E-state index contributed by atoms with van der Waals surface area (Å²) in [7, 11) is 1.16. The Labute approximate surface area is 236 Å². The summed E-state index contributed by atoms with van der Waals surface area (Å²) in [5, 5.41) is 9.77. The number of unbranched alkanes of at least 4 members (excludes halogenated alkanes) is 7. The highest BCUT2D eigenvalue weighted by molar-refractivity contribution is 7.45. The molecule has 0 rings (SSSR count). The molecule has 0 aliphatic heterocycles. The number of carbonyl (C=O) groups is 1. The highest BCUT2D eigenvalue weighted by atomic mass is 31.2. The number of hydrogen-bond acceptors (Lipinski definition) is 7. The van der Waals surface area contributed by atoms with Gasteiger partial charge < -0.3 is 28.3 Å². The van der Waals surface area contributed by atoms with E-state index in [1.54, 1.807) is 12.2 Å². The van der Waals surface area contributed by atoms with Crippen LogP contribution in [0.25, 0.3) is 0 Å². The summed E-state index contributed by atoms with van der Waals surface area (Å²) < 4.78 is 26.4. The molecule has 2 atom stereocenters. The van der Waals surface area contributed by atoms with Gasteiger partial charge in [0.1, 0.15) is 25.9 Å². The van der Waals surface area contributed by atoms with Crippen molar-refractivity contribution >= 4 is 13.8 Å². The largest absolute Gasteiger partial charge is 0.756 e. The summed E-state index contributed by atoms with van der Waals surface area (Å²) in [6, 6.07) is 0. The van der Waals surface area contributed by atoms with E-state index >= 15 is 0 Å². The lowest BCUT2D eigenvalue weighted by molar-refractivity contribution is -0.870. The normalized spacial score (nSPS) is 15.5. The molecular formula is C30H50NO7P. The Kier molecular flexibility index (Phi) is 22.5. The fraction of sp³-hybridized carbons (Fsp3) is 0.567. The molecule has 0 saturated heterocycles. The van der Waals surface area contributed by atoms with Crippen LogP contribution in [-0.4, -0.2) is 69.2 Å². The molecule has 0 heterocycles. The summed E-state index contributed by atoms with van der Waals surface area (Å²) in [5.74, 6) is -0.669. The van der Waals surface area contributed by atoms with Crippen molar-refractivity contribution in [2.75, 3.05) is 47.5 Å². The van der Waals surface area contributed by atoms with Crippen LogP contribution in [0.2, 0.25) is 0 Å². The summed E-state index contributed by atoms with van der Waals surface area (Å²) in [4.78, 5) is 23.4. The Hall–Kier alpha value is -2.06. The lowest BCUT2D eigenvalue weighted by Crippen LogP contribution is -2.37. The lowest BCUT2D eigenvalue weighted by Gasteiger charge is -2.27. The molecule has 0 spiro atoms. The molecule has 0 amide bonds. The molecule has 0 aromatic heterocycles. The van der Waals surface area contributed by atoms with E-state index in [-0.39, 0.29) is 6.61 Å². The maximum absolute atomic E-state index is 11.7. The molecule has 0 aliphatic carbocycles. The number of ether oxygens (including phenoxy) is 1. The van der Waals surface area contributed by atoms with E-state index in [0.29, 0.717) is 11.0 Å². The first-order valence-corrected chi connectivity index (χ1v) is 15.3. The molecule has 0 radical (unpaired) electrons. The molecular weight excluding hydrogens is 517 g/mol. The predicted octanol–water partition coefficient (Wildman–Crippen LogP) is 5.58. The molecule has 0 aromatic carbocycles. The van der Waals surface area contributed by atoms with Crippen LogP contribution in [0.1, 0.15) is 58.3 Å². The number of likely N-dealkylation sites (N-methyl/N-ethyl adjacent to an activating group) is 1. The van der Waals surface area contributed by atoms with Crippen LogP contribution in [0.3, 0.4) is 0 Å². The van der Waals surface area contributed by atoms with Crippen molar-refractivity contribution in [3.63, 3.8) is 0 Å². The Morgan fingerprint density at radius 1 is 0.821 bits per heavy atom. The fourth-order valence-corrected chi connectivity index (χ4v) is 3.69. The molecule has 9 heteroatoms. The number of phosphoric ester groups is 1. The second-order valence-corrected chi connectivity index (χ2v) is 11.5. The topological polar surface area (TPSA) is 105 Å². The van der Waals surface area contributed by atoms with Gasteiger partial charge in [-0.05, 0) is 12.8 Å². The number of phosphoric acid groups is 1. The minimum Gasteiger partial charge on any atom is -0.756 e. The summed E-state index contributed by atoms with van der Waals surface area (Å²) in [5.41, 5.74) is 0. The first kappa shape index (κ1) is 36.9. The third-order valence-electron chi connectivity index (χ3n) is 5.20. The van der Waals surface area contributed by atoms with Crippen LogP contribution in [0, 0.1) is 0 Å². The fourth-order valence-electron chi connectivity index (χ4n) is 2.96. The van der Waals surface area contributed by atoms with E-state index in [9.17, 15) is 19.4 Å². The standard InChI is InChI=1S/C30H50NO7P/c1-5-6-7-8-9-10-11-12-13-14-15-16-17-18-19-20-21-22-23-24-30(33)36-27-29(32)28-38-39(34,35)37-26-25-31(2,3)4/h13-24,29,32H,5-12,25-28H2,1-4H3/t29-/m1/s1. The van der Waals surface area contributed by atoms with Crippen molar-refractivity contribution in [3.8, 4) is 0 Å². The lowest BCUT2D eigenvalue weighted by atomic mass is 10.1. The Balaban J connectivity index is 3.95. The van der Waals surface area contributed by atoms with Gasteiger partial charge in [-0.2, -0.15) is 0 Å². The van der Waals surface area contributed by atoms with Gasteiger partial charge in [0.2, 0.25) is 0 Å². The van der Waals surface area contributed by atoms with Crippen molar-refractivity contribution in [1.29, 1.82) is 0 Å². The quantitative estimate of drug-likeness (QED) is 0.0429. The van der Waals surface area contributed by atoms with Gasteiger partial charge in [-0.25, -0.2) is 4.79 Å². The van der Waals surface area contributed by atoms with E-state index < -0.39 is 33.1 Å². The molecule has 222 valence electrons. The number of aliphatic hydroxyl groups is 1. The maximum Gasteiger partial charge on any atom is 0.330 e. The monoisotopic (exact) mass is 567 g/mol. The van der Waals surface area contributed by atoms with Crippen molar-refractivity contribution < 1.29 is 37.6 Å². The molecule has 39 heavy (non-hydrogen) atoms. The molecule has 0 fully saturated rings. The zero-order valence-electron chi connectivity index (χ0n) is 24.3. The van der Waals surface area contributed by atoms with Crippen LogP contribution >= 0.6 is 7.82 Å². The zero-order valence-corrected chi connectivity index (χ0v) is 25.2. The first-order chi connectivity index (χ1) is 18.6. The minimum absolute atomic E-state index is 0.0345. The summed E-state index contributed by atoms with van der Waals surface area (Å²) >= 11 is 0. The first-order valence-electron chi connectivity index (χ1n) is 13.8. The number of rotatable bonds is 23. The molecule has 0 aromatic rings. The Morgan fingerprint density at radius 3 is 1.95 bits per heavy atom. The van der Waals surface area contributed by atoms with E-state index in [0.717, 1.165) is 6.42 Å². The third-order valence-corrected chi connectivity index (χ3v) is 6.16. The predicted molar refractivity (Wildman–Crippen MR) is 157 cm³/mol. The number of quaternary nitrogens is 1. The highest BCUT2D eigenvalue weighted by Gasteiger charge is 2.16. The van der Waals surface area contributed by atoms with Crippen LogP contribution in [0.5, 0.6) is 0 Å². The van der Waals surface area contributed by atoms with Crippen LogP contribution in [0.15, 0.2) is 72.9 Å². The van der Waals surface area contributed by atoms with Crippen molar-refractivity contribution in [2.45, 2.75) is 64.4 Å². The van der Waals surface area contributed by atoms with E-state index in [1.165, 1.54) is 57.1 Å². The Morgan fingerprint density at radius 2 is 1.36 bits per heavy atom. The van der Waals surface area contributed by atoms with E-state index in [4.69, 9.17) is 9.26 Å². The molecule has 0 bridgehead atoms. The van der Waals surface area contributed by atoms with Gasteiger partial charge >= 0.3 is 5.97 Å². The smallest absolute Gasteiger partial charge is 0.330 e. The number of carbonyl (C=O) groups excluding carboxylic acids is 1.